The fraction of sp³-hybridized carbons (Fsp3) is 0.700. The molecular weight excluding hydrogens is 178 g/mol. The highest BCUT2D eigenvalue weighted by Gasteiger charge is 2.21. The van der Waals surface area contributed by atoms with Crippen molar-refractivity contribution in [1.29, 1.82) is 0 Å². The zero-order chi connectivity index (χ0) is 9.97. The van der Waals surface area contributed by atoms with E-state index in [4.69, 9.17) is 0 Å². The van der Waals surface area contributed by atoms with E-state index in [9.17, 15) is 5.11 Å². The fourth-order valence-electron chi connectivity index (χ4n) is 1.44. The third kappa shape index (κ3) is 2.82. The summed E-state index contributed by atoms with van der Waals surface area (Å²) in [4.78, 5) is 0. The second-order valence-electron chi connectivity index (χ2n) is 4.08. The first kappa shape index (κ1) is 9.68. The van der Waals surface area contributed by atoms with Crippen molar-refractivity contribution in [2.45, 2.75) is 38.5 Å². The van der Waals surface area contributed by atoms with E-state index in [-0.39, 0.29) is 6.10 Å². The molecule has 1 aromatic heterocycles. The van der Waals surface area contributed by atoms with Crippen molar-refractivity contribution in [2.24, 2.45) is 0 Å². The van der Waals surface area contributed by atoms with Crippen molar-refractivity contribution in [1.82, 2.24) is 15.1 Å². The van der Waals surface area contributed by atoms with E-state index in [1.165, 1.54) is 12.8 Å². The van der Waals surface area contributed by atoms with Gasteiger partial charge in [-0.15, -0.1) is 0 Å². The van der Waals surface area contributed by atoms with Crippen molar-refractivity contribution in [3.8, 4) is 0 Å². The Morgan fingerprint density at radius 1 is 1.71 bits per heavy atom. The van der Waals surface area contributed by atoms with Crippen LogP contribution < -0.4 is 5.32 Å². The van der Waals surface area contributed by atoms with E-state index < -0.39 is 0 Å². The zero-order valence-electron chi connectivity index (χ0n) is 8.48. The van der Waals surface area contributed by atoms with E-state index in [1.807, 2.05) is 13.1 Å². The van der Waals surface area contributed by atoms with Gasteiger partial charge in [0.05, 0.1) is 18.8 Å². The van der Waals surface area contributed by atoms with Crippen LogP contribution in [-0.2, 0) is 6.54 Å². The Hall–Kier alpha value is -0.870. The highest BCUT2D eigenvalue weighted by atomic mass is 16.3. The lowest BCUT2D eigenvalue weighted by molar-refractivity contribution is 0.146. The Bertz CT molecular complexity index is 293. The molecule has 0 radical (unpaired) electrons. The molecular formula is C10H17N3O. The predicted octanol–water partition coefficient (Wildman–Crippen LogP) is 0.304. The molecule has 1 saturated carbocycles. The molecule has 0 bridgehead atoms. The van der Waals surface area contributed by atoms with Crippen molar-refractivity contribution in [3.05, 3.63) is 18.0 Å². The molecule has 78 valence electrons. The Balaban J connectivity index is 1.72. The summed E-state index contributed by atoms with van der Waals surface area (Å²) in [6.45, 7) is 3.25. The van der Waals surface area contributed by atoms with Crippen LogP contribution in [0.2, 0.25) is 0 Å². The van der Waals surface area contributed by atoms with Crippen LogP contribution in [0.3, 0.4) is 0 Å². The number of aliphatic hydroxyl groups is 1. The summed E-state index contributed by atoms with van der Waals surface area (Å²) in [5.74, 6) is 0. The van der Waals surface area contributed by atoms with Gasteiger partial charge in [-0.2, -0.15) is 5.10 Å². The fourth-order valence-corrected chi connectivity index (χ4v) is 1.44. The lowest BCUT2D eigenvalue weighted by atomic mass is 10.3. The molecule has 14 heavy (non-hydrogen) atoms. The van der Waals surface area contributed by atoms with Crippen molar-refractivity contribution >= 4 is 0 Å². The number of aliphatic hydroxyl groups excluding tert-OH is 1. The largest absolute Gasteiger partial charge is 0.390 e. The lowest BCUT2D eigenvalue weighted by Gasteiger charge is -2.11. The molecule has 2 rings (SSSR count). The average molecular weight is 195 g/mol. The summed E-state index contributed by atoms with van der Waals surface area (Å²) in [7, 11) is 0. The minimum atomic E-state index is -0.338. The molecule has 1 aromatic rings. The molecule has 0 aromatic carbocycles. The summed E-state index contributed by atoms with van der Waals surface area (Å²) < 4.78 is 1.79. The number of aromatic nitrogens is 2. The quantitative estimate of drug-likeness (QED) is 0.710. The molecule has 1 aliphatic carbocycles. The first-order chi connectivity index (χ1) is 6.74. The first-order valence-electron chi connectivity index (χ1n) is 5.14. The van der Waals surface area contributed by atoms with Gasteiger partial charge in [0.2, 0.25) is 0 Å². The molecule has 1 heterocycles. The van der Waals surface area contributed by atoms with E-state index in [0.717, 1.165) is 5.56 Å². The minimum absolute atomic E-state index is 0.338. The second-order valence-corrected chi connectivity index (χ2v) is 4.08. The van der Waals surface area contributed by atoms with Gasteiger partial charge in [0.1, 0.15) is 0 Å². The number of rotatable bonds is 5. The SMILES string of the molecule is Cc1cnn(CC(O)CNC2CC2)c1. The highest BCUT2D eigenvalue weighted by Crippen LogP contribution is 2.18. The topological polar surface area (TPSA) is 50.1 Å². The van der Waals surface area contributed by atoms with Crippen LogP contribution in [-0.4, -0.2) is 33.6 Å². The smallest absolute Gasteiger partial charge is 0.0860 e. The third-order valence-corrected chi connectivity index (χ3v) is 2.38. The Morgan fingerprint density at radius 2 is 2.50 bits per heavy atom. The van der Waals surface area contributed by atoms with E-state index in [0.29, 0.717) is 19.1 Å². The summed E-state index contributed by atoms with van der Waals surface area (Å²) in [5.41, 5.74) is 1.13. The Morgan fingerprint density at radius 3 is 3.07 bits per heavy atom. The monoisotopic (exact) mass is 195 g/mol. The van der Waals surface area contributed by atoms with Crippen LogP contribution in [0.1, 0.15) is 18.4 Å². The molecule has 1 fully saturated rings. The predicted molar refractivity (Wildman–Crippen MR) is 54.0 cm³/mol. The molecule has 0 spiro atoms. The minimum Gasteiger partial charge on any atom is -0.390 e. The van der Waals surface area contributed by atoms with Gasteiger partial charge in [-0.1, -0.05) is 0 Å². The van der Waals surface area contributed by atoms with E-state index in [2.05, 4.69) is 10.4 Å². The van der Waals surface area contributed by atoms with Crippen LogP contribution in [0.5, 0.6) is 0 Å². The van der Waals surface area contributed by atoms with Crippen LogP contribution in [0.25, 0.3) is 0 Å². The normalized spacial score (nSPS) is 18.4. The van der Waals surface area contributed by atoms with E-state index in [1.54, 1.807) is 10.9 Å². The van der Waals surface area contributed by atoms with Crippen molar-refractivity contribution < 1.29 is 5.11 Å². The molecule has 1 atom stereocenters. The molecule has 1 unspecified atom stereocenters. The summed E-state index contributed by atoms with van der Waals surface area (Å²) >= 11 is 0. The van der Waals surface area contributed by atoms with Crippen LogP contribution >= 0.6 is 0 Å². The number of aryl methyl sites for hydroxylation is 1. The van der Waals surface area contributed by atoms with Gasteiger partial charge in [0.25, 0.3) is 0 Å². The Labute approximate surface area is 83.9 Å². The van der Waals surface area contributed by atoms with Gasteiger partial charge in [-0.05, 0) is 25.3 Å². The third-order valence-electron chi connectivity index (χ3n) is 2.38. The lowest BCUT2D eigenvalue weighted by Crippen LogP contribution is -2.31. The summed E-state index contributed by atoms with van der Waals surface area (Å²) in [6, 6.07) is 0.656. The van der Waals surface area contributed by atoms with Gasteiger partial charge in [0, 0.05) is 18.8 Å². The molecule has 0 aliphatic heterocycles. The van der Waals surface area contributed by atoms with Crippen molar-refractivity contribution in [2.75, 3.05) is 6.54 Å². The van der Waals surface area contributed by atoms with Crippen molar-refractivity contribution in [3.63, 3.8) is 0 Å². The average Bonchev–Trinajstić information content (AvgIpc) is 2.88. The molecule has 1 aliphatic rings. The summed E-state index contributed by atoms with van der Waals surface area (Å²) in [6.07, 6.45) is 5.93. The molecule has 4 nitrogen and oxygen atoms in total. The van der Waals surface area contributed by atoms with Gasteiger partial charge < -0.3 is 10.4 Å². The zero-order valence-corrected chi connectivity index (χ0v) is 8.48. The summed E-state index contributed by atoms with van der Waals surface area (Å²) in [5, 5.41) is 17.1. The highest BCUT2D eigenvalue weighted by molar-refractivity contribution is 4.99. The first-order valence-corrected chi connectivity index (χ1v) is 5.14. The molecule has 0 saturated heterocycles. The van der Waals surface area contributed by atoms with Gasteiger partial charge in [-0.3, -0.25) is 4.68 Å². The van der Waals surface area contributed by atoms with Gasteiger partial charge >= 0.3 is 0 Å². The molecule has 2 N–H and O–H groups in total. The number of hydrogen-bond acceptors (Lipinski definition) is 3. The number of nitrogens with zero attached hydrogens (tertiary/aromatic N) is 2. The van der Waals surface area contributed by atoms with Gasteiger partial charge in [-0.25, -0.2) is 0 Å². The molecule has 0 amide bonds. The molecule has 4 heteroatoms. The van der Waals surface area contributed by atoms with E-state index >= 15 is 0 Å². The van der Waals surface area contributed by atoms with Crippen LogP contribution in [0.4, 0.5) is 0 Å². The maximum absolute atomic E-state index is 9.67. The second kappa shape index (κ2) is 4.11. The maximum atomic E-state index is 9.67. The number of hydrogen-bond donors (Lipinski definition) is 2. The standard InChI is InChI=1S/C10H17N3O/c1-8-4-12-13(6-8)7-10(14)5-11-9-2-3-9/h4,6,9-11,14H,2-3,5,7H2,1H3. The van der Waals surface area contributed by atoms with Crippen LogP contribution in [0.15, 0.2) is 12.4 Å². The van der Waals surface area contributed by atoms with Crippen LogP contribution in [0, 0.1) is 6.92 Å². The number of nitrogens with one attached hydrogen (secondary N) is 1. The Kier molecular flexibility index (Phi) is 2.84. The van der Waals surface area contributed by atoms with Gasteiger partial charge in [0.15, 0.2) is 0 Å². The maximum Gasteiger partial charge on any atom is 0.0860 e.